The Bertz CT molecular complexity index is 246. The van der Waals surface area contributed by atoms with Crippen molar-refractivity contribution in [1.29, 1.82) is 0 Å². The van der Waals surface area contributed by atoms with E-state index in [-0.39, 0.29) is 0 Å². The van der Waals surface area contributed by atoms with Crippen LogP contribution in [-0.4, -0.2) is 17.8 Å². The summed E-state index contributed by atoms with van der Waals surface area (Å²) in [6.45, 7) is 4.25. The van der Waals surface area contributed by atoms with Crippen molar-refractivity contribution in [2.75, 3.05) is 12.8 Å². The highest BCUT2D eigenvalue weighted by Crippen LogP contribution is 2.17. The normalized spacial score (nSPS) is 12.8. The zero-order chi connectivity index (χ0) is 9.68. The molecule has 13 heavy (non-hydrogen) atoms. The van der Waals surface area contributed by atoms with Crippen LogP contribution in [0, 0.1) is 0 Å². The summed E-state index contributed by atoms with van der Waals surface area (Å²) >= 11 is 1.82. The number of thioether (sulfide) groups is 1. The molecule has 0 saturated carbocycles. The van der Waals surface area contributed by atoms with E-state index in [4.69, 9.17) is 0 Å². The molecule has 0 aliphatic heterocycles. The molecule has 1 heterocycles. The van der Waals surface area contributed by atoms with Crippen LogP contribution >= 0.6 is 11.8 Å². The molecule has 1 rings (SSSR count). The maximum atomic E-state index is 4.38. The first-order valence-electron chi connectivity index (χ1n) is 4.54. The van der Waals surface area contributed by atoms with Gasteiger partial charge in [-0.25, -0.2) is 0 Å². The molecule has 0 aromatic carbocycles. The lowest BCUT2D eigenvalue weighted by Crippen LogP contribution is -2.13. The smallest absolute Gasteiger partial charge is 0.0571 e. The van der Waals surface area contributed by atoms with Gasteiger partial charge in [-0.2, -0.15) is 0 Å². The van der Waals surface area contributed by atoms with Gasteiger partial charge in [0.1, 0.15) is 0 Å². The van der Waals surface area contributed by atoms with E-state index in [9.17, 15) is 0 Å². The van der Waals surface area contributed by atoms with E-state index in [0.29, 0.717) is 6.04 Å². The predicted octanol–water partition coefficient (Wildman–Crippen LogP) is 2.47. The van der Waals surface area contributed by atoms with Crippen LogP contribution in [0.15, 0.2) is 23.2 Å². The molecule has 0 radical (unpaired) electrons. The van der Waals surface area contributed by atoms with Gasteiger partial charge in [0.25, 0.3) is 0 Å². The summed E-state index contributed by atoms with van der Waals surface area (Å²) in [6, 6.07) is 4.55. The summed E-state index contributed by atoms with van der Waals surface area (Å²) in [7, 11) is 1.95. The molecule has 0 saturated heterocycles. The van der Waals surface area contributed by atoms with Crippen LogP contribution < -0.4 is 5.32 Å². The quantitative estimate of drug-likeness (QED) is 0.749. The second-order valence-corrected chi connectivity index (χ2v) is 4.20. The summed E-state index contributed by atoms with van der Waals surface area (Å²) in [5.74, 6) is 1.10. The third-order valence-corrected chi connectivity index (χ3v) is 2.81. The summed E-state index contributed by atoms with van der Waals surface area (Å²) < 4.78 is 0. The van der Waals surface area contributed by atoms with Gasteiger partial charge in [0.2, 0.25) is 0 Å². The van der Waals surface area contributed by atoms with Gasteiger partial charge >= 0.3 is 0 Å². The first-order chi connectivity index (χ1) is 6.27. The molecule has 72 valence electrons. The zero-order valence-electron chi connectivity index (χ0n) is 8.37. The monoisotopic (exact) mass is 196 g/mol. The van der Waals surface area contributed by atoms with E-state index in [2.05, 4.69) is 36.3 Å². The van der Waals surface area contributed by atoms with Crippen molar-refractivity contribution in [3.8, 4) is 0 Å². The molecule has 1 aromatic rings. The molecule has 2 nitrogen and oxygen atoms in total. The summed E-state index contributed by atoms with van der Waals surface area (Å²) in [4.78, 5) is 5.63. The van der Waals surface area contributed by atoms with Crippen molar-refractivity contribution in [1.82, 2.24) is 10.3 Å². The largest absolute Gasteiger partial charge is 0.312 e. The molecule has 0 aliphatic carbocycles. The van der Waals surface area contributed by atoms with Crippen LogP contribution in [-0.2, 0) is 0 Å². The van der Waals surface area contributed by atoms with E-state index in [1.807, 2.05) is 25.0 Å². The van der Waals surface area contributed by atoms with Crippen LogP contribution in [0.5, 0.6) is 0 Å². The van der Waals surface area contributed by atoms with Gasteiger partial charge in [-0.05, 0) is 31.9 Å². The Kier molecular flexibility index (Phi) is 4.25. The zero-order valence-corrected chi connectivity index (χ0v) is 9.19. The lowest BCUT2D eigenvalue weighted by atomic mass is 10.2. The topological polar surface area (TPSA) is 24.9 Å². The number of aromatic nitrogens is 1. The van der Waals surface area contributed by atoms with Gasteiger partial charge in [-0.15, -0.1) is 11.8 Å². The van der Waals surface area contributed by atoms with Crippen LogP contribution in [0.2, 0.25) is 0 Å². The lowest BCUT2D eigenvalue weighted by molar-refractivity contribution is 0.631. The summed E-state index contributed by atoms with van der Waals surface area (Å²) in [5.41, 5.74) is 1.10. The van der Waals surface area contributed by atoms with Crippen molar-refractivity contribution in [2.24, 2.45) is 0 Å². The Morgan fingerprint density at radius 3 is 2.77 bits per heavy atom. The first-order valence-corrected chi connectivity index (χ1v) is 5.52. The van der Waals surface area contributed by atoms with Crippen molar-refractivity contribution in [2.45, 2.75) is 24.8 Å². The van der Waals surface area contributed by atoms with Crippen LogP contribution in [0.4, 0.5) is 0 Å². The summed E-state index contributed by atoms with van der Waals surface area (Å²) in [5, 5.41) is 3.16. The Labute approximate surface area is 84.1 Å². The number of hydrogen-bond acceptors (Lipinski definition) is 3. The fourth-order valence-electron chi connectivity index (χ4n) is 1.05. The third-order valence-electron chi connectivity index (χ3n) is 1.95. The first kappa shape index (κ1) is 10.5. The lowest BCUT2D eigenvalue weighted by Gasteiger charge is -2.09. The van der Waals surface area contributed by atoms with Crippen molar-refractivity contribution < 1.29 is 0 Å². The fourth-order valence-corrected chi connectivity index (χ4v) is 1.67. The number of pyridine rings is 1. The van der Waals surface area contributed by atoms with Gasteiger partial charge < -0.3 is 5.32 Å². The van der Waals surface area contributed by atoms with Crippen LogP contribution in [0.25, 0.3) is 0 Å². The predicted molar refractivity (Wildman–Crippen MR) is 58.1 cm³/mol. The highest BCUT2D eigenvalue weighted by Gasteiger charge is 2.02. The molecule has 0 fully saturated rings. The minimum absolute atomic E-state index is 0.334. The molecule has 0 aliphatic rings. The third kappa shape index (κ3) is 3.01. The highest BCUT2D eigenvalue weighted by atomic mass is 32.2. The molecule has 0 amide bonds. The van der Waals surface area contributed by atoms with Crippen molar-refractivity contribution >= 4 is 11.8 Å². The van der Waals surface area contributed by atoms with E-state index < -0.39 is 0 Å². The Morgan fingerprint density at radius 1 is 1.54 bits per heavy atom. The van der Waals surface area contributed by atoms with Gasteiger partial charge in [-0.1, -0.05) is 6.92 Å². The van der Waals surface area contributed by atoms with E-state index in [1.54, 1.807) is 0 Å². The number of nitrogens with zero attached hydrogens (tertiary/aromatic N) is 1. The van der Waals surface area contributed by atoms with E-state index in [1.165, 1.54) is 4.90 Å². The van der Waals surface area contributed by atoms with Crippen molar-refractivity contribution in [3.63, 3.8) is 0 Å². The molecular weight excluding hydrogens is 180 g/mol. The second kappa shape index (κ2) is 5.25. The molecule has 0 bridgehead atoms. The highest BCUT2D eigenvalue weighted by molar-refractivity contribution is 7.99. The molecule has 3 heteroatoms. The fraction of sp³-hybridized carbons (Fsp3) is 0.500. The van der Waals surface area contributed by atoms with Crippen LogP contribution in [0.3, 0.4) is 0 Å². The molecule has 1 unspecified atom stereocenters. The van der Waals surface area contributed by atoms with Gasteiger partial charge in [0.15, 0.2) is 0 Å². The molecule has 1 aromatic heterocycles. The van der Waals surface area contributed by atoms with Crippen LogP contribution in [0.1, 0.15) is 25.6 Å². The molecule has 1 atom stereocenters. The SMILES string of the molecule is CCSc1ccc(C(C)NC)nc1. The number of nitrogens with one attached hydrogen (secondary N) is 1. The van der Waals surface area contributed by atoms with Gasteiger partial charge in [0, 0.05) is 17.1 Å². The Hall–Kier alpha value is -0.540. The van der Waals surface area contributed by atoms with Crippen molar-refractivity contribution in [3.05, 3.63) is 24.0 Å². The number of rotatable bonds is 4. The Balaban J connectivity index is 2.69. The summed E-state index contributed by atoms with van der Waals surface area (Å²) in [6.07, 6.45) is 1.94. The second-order valence-electron chi connectivity index (χ2n) is 2.86. The standard InChI is InChI=1S/C10H16N2S/c1-4-13-9-5-6-10(12-7-9)8(2)11-3/h5-8,11H,4H2,1-3H3. The average molecular weight is 196 g/mol. The van der Waals surface area contributed by atoms with E-state index in [0.717, 1.165) is 11.4 Å². The maximum absolute atomic E-state index is 4.38. The minimum atomic E-state index is 0.334. The maximum Gasteiger partial charge on any atom is 0.0571 e. The Morgan fingerprint density at radius 2 is 2.31 bits per heavy atom. The molecule has 1 N–H and O–H groups in total. The van der Waals surface area contributed by atoms with E-state index >= 15 is 0 Å². The number of hydrogen-bond donors (Lipinski definition) is 1. The van der Waals surface area contributed by atoms with Gasteiger partial charge in [-0.3, -0.25) is 4.98 Å². The van der Waals surface area contributed by atoms with Gasteiger partial charge in [0.05, 0.1) is 5.69 Å². The minimum Gasteiger partial charge on any atom is -0.312 e. The molecule has 0 spiro atoms. The molecular formula is C10H16N2S. The average Bonchev–Trinajstić information content (AvgIpc) is 2.18.